The minimum Gasteiger partial charge on any atom is -0.302 e. The van der Waals surface area contributed by atoms with Gasteiger partial charge in [0.15, 0.2) is 0 Å². The Bertz CT molecular complexity index is 68.5. The molecule has 0 aromatic carbocycles. The van der Waals surface area contributed by atoms with E-state index in [-0.39, 0.29) is 5.78 Å². The molecule has 0 aliphatic carbocycles. The van der Waals surface area contributed by atoms with Crippen LogP contribution in [0.2, 0.25) is 0 Å². The van der Waals surface area contributed by atoms with E-state index >= 15 is 0 Å². The van der Waals surface area contributed by atoms with Gasteiger partial charge in [-0.25, -0.2) is 0 Å². The fraction of sp³-hybridized carbons (Fsp3) is 0.800. The average molecular weight is 101 g/mol. The largest absolute Gasteiger partial charge is 0.302 e. The molecule has 0 aliphatic rings. The summed E-state index contributed by atoms with van der Waals surface area (Å²) in [5, 5.41) is 0. The first-order chi connectivity index (χ1) is 3.13. The molecule has 42 valence electrons. The third kappa shape index (κ3) is 5.63. The molecule has 0 saturated carbocycles. The van der Waals surface area contributed by atoms with Crippen molar-refractivity contribution in [3.8, 4) is 0 Å². The second-order valence-corrected chi connectivity index (χ2v) is 1.94. The first-order valence-electron chi connectivity index (χ1n) is 2.27. The second kappa shape index (κ2) is 2.75. The Balaban J connectivity index is 3.13. The Kier molecular flexibility index (Phi) is 2.60. The maximum absolute atomic E-state index is 10.2. The molecule has 0 heterocycles. The zero-order chi connectivity index (χ0) is 5.86. The summed E-state index contributed by atoms with van der Waals surface area (Å²) in [6.07, 6.45) is 0. The maximum Gasteiger partial charge on any atom is 0.143 e. The van der Waals surface area contributed by atoms with Gasteiger partial charge in [-0.3, -0.25) is 4.79 Å². The van der Waals surface area contributed by atoms with E-state index in [0.717, 1.165) is 0 Å². The molecule has 0 rings (SSSR count). The van der Waals surface area contributed by atoms with Crippen LogP contribution < -0.4 is 0 Å². The number of hydrogen-bond acceptors (Lipinski definition) is 2. The maximum atomic E-state index is 10.2. The van der Waals surface area contributed by atoms with Crippen LogP contribution in [-0.2, 0) is 4.79 Å². The summed E-state index contributed by atoms with van der Waals surface area (Å²) in [5.74, 6) is 0.213. The van der Waals surface area contributed by atoms with Gasteiger partial charge in [-0.15, -0.1) is 0 Å². The lowest BCUT2D eigenvalue weighted by Crippen LogP contribution is -2.18. The Morgan fingerprint density at radius 1 is 1.57 bits per heavy atom. The van der Waals surface area contributed by atoms with Crippen LogP contribution in [0.4, 0.5) is 0 Å². The van der Waals surface area contributed by atoms with E-state index in [4.69, 9.17) is 0 Å². The van der Waals surface area contributed by atoms with Crippen molar-refractivity contribution in [2.24, 2.45) is 0 Å². The van der Waals surface area contributed by atoms with Gasteiger partial charge >= 0.3 is 0 Å². The Labute approximate surface area is 44.1 Å². The predicted molar refractivity (Wildman–Crippen MR) is 29.2 cm³/mol. The molecule has 0 amide bonds. The molecule has 0 saturated heterocycles. The number of likely N-dealkylation sites (N-methyl/N-ethyl adjacent to an activating group) is 1. The minimum atomic E-state index is 0.213. The molecule has 0 N–H and O–H groups in total. The molecule has 0 bridgehead atoms. The quantitative estimate of drug-likeness (QED) is 0.493. The highest BCUT2D eigenvalue weighted by molar-refractivity contribution is 5.77. The fourth-order valence-electron chi connectivity index (χ4n) is 0.445. The number of carbonyl (C=O) groups excluding carboxylic acids is 1. The van der Waals surface area contributed by atoms with Crippen molar-refractivity contribution >= 4 is 5.78 Å². The van der Waals surface area contributed by atoms with E-state index in [1.807, 2.05) is 19.0 Å². The highest BCUT2D eigenvalue weighted by Gasteiger charge is 1.91. The van der Waals surface area contributed by atoms with Gasteiger partial charge in [0, 0.05) is 0 Å². The Morgan fingerprint density at radius 2 is 2.00 bits per heavy atom. The number of ketones is 1. The van der Waals surface area contributed by atoms with E-state index in [9.17, 15) is 4.79 Å². The van der Waals surface area contributed by atoms with Crippen molar-refractivity contribution in [3.05, 3.63) is 0 Å². The number of rotatable bonds is 2. The van der Waals surface area contributed by atoms with Crippen molar-refractivity contribution in [2.75, 3.05) is 20.6 Å². The standard InChI is InChI=1S/C5H11NO/c1-5(7)4-6(2)3/h4H2,1-3H3. The molecule has 2 heteroatoms. The molecule has 7 heavy (non-hydrogen) atoms. The van der Waals surface area contributed by atoms with E-state index in [2.05, 4.69) is 0 Å². The van der Waals surface area contributed by atoms with Gasteiger partial charge in [-0.2, -0.15) is 0 Å². The first kappa shape index (κ1) is 6.63. The molecule has 0 atom stereocenters. The van der Waals surface area contributed by atoms with Crippen LogP contribution >= 0.6 is 0 Å². The van der Waals surface area contributed by atoms with Gasteiger partial charge in [0.05, 0.1) is 6.54 Å². The van der Waals surface area contributed by atoms with Crippen LogP contribution in [0.3, 0.4) is 0 Å². The van der Waals surface area contributed by atoms with Crippen molar-refractivity contribution in [3.63, 3.8) is 0 Å². The molecule has 0 unspecified atom stereocenters. The summed E-state index contributed by atoms with van der Waals surface area (Å²) < 4.78 is 0. The number of carbonyl (C=O) groups is 1. The van der Waals surface area contributed by atoms with E-state index < -0.39 is 0 Å². The van der Waals surface area contributed by atoms with Crippen molar-refractivity contribution < 1.29 is 4.79 Å². The van der Waals surface area contributed by atoms with Crippen molar-refractivity contribution in [2.45, 2.75) is 6.92 Å². The summed E-state index contributed by atoms with van der Waals surface area (Å²) in [4.78, 5) is 12.1. The SMILES string of the molecule is CC(=O)CN(C)C. The fourth-order valence-corrected chi connectivity index (χ4v) is 0.445. The number of nitrogens with zero attached hydrogens (tertiary/aromatic N) is 1. The van der Waals surface area contributed by atoms with E-state index in [1.54, 1.807) is 6.92 Å². The number of hydrogen-bond donors (Lipinski definition) is 0. The highest BCUT2D eigenvalue weighted by atomic mass is 16.1. The van der Waals surface area contributed by atoms with E-state index in [0.29, 0.717) is 6.54 Å². The van der Waals surface area contributed by atoms with Gasteiger partial charge < -0.3 is 4.90 Å². The average Bonchev–Trinajstić information content (AvgIpc) is 1.27. The number of Topliss-reactive ketones (excluding diaryl/α,β-unsaturated/α-hetero) is 1. The van der Waals surface area contributed by atoms with Crippen molar-refractivity contribution in [1.29, 1.82) is 0 Å². The molecule has 0 spiro atoms. The molecule has 0 aromatic rings. The summed E-state index contributed by atoms with van der Waals surface area (Å²) in [7, 11) is 3.75. The molecule has 0 aliphatic heterocycles. The molecule has 0 aromatic heterocycles. The van der Waals surface area contributed by atoms with Crippen LogP contribution in [-0.4, -0.2) is 31.3 Å². The zero-order valence-electron chi connectivity index (χ0n) is 5.06. The van der Waals surface area contributed by atoms with Gasteiger partial charge in [0.1, 0.15) is 5.78 Å². The molecule has 0 radical (unpaired) electrons. The summed E-state index contributed by atoms with van der Waals surface area (Å²) >= 11 is 0. The minimum absolute atomic E-state index is 0.213. The first-order valence-corrected chi connectivity index (χ1v) is 2.27. The van der Waals surface area contributed by atoms with Crippen LogP contribution in [0, 0.1) is 0 Å². The molecule has 0 fully saturated rings. The summed E-state index contributed by atoms with van der Waals surface area (Å²) in [5.41, 5.74) is 0. The lowest BCUT2D eigenvalue weighted by atomic mass is 10.4. The second-order valence-electron chi connectivity index (χ2n) is 1.94. The lowest BCUT2D eigenvalue weighted by Gasteiger charge is -2.03. The van der Waals surface area contributed by atoms with Gasteiger partial charge in [0.25, 0.3) is 0 Å². The third-order valence-electron chi connectivity index (χ3n) is 0.539. The van der Waals surface area contributed by atoms with Crippen LogP contribution in [0.1, 0.15) is 6.92 Å². The van der Waals surface area contributed by atoms with Crippen LogP contribution in [0.25, 0.3) is 0 Å². The van der Waals surface area contributed by atoms with Crippen molar-refractivity contribution in [1.82, 2.24) is 4.90 Å². The zero-order valence-corrected chi connectivity index (χ0v) is 5.06. The van der Waals surface area contributed by atoms with Crippen LogP contribution in [0.5, 0.6) is 0 Å². The lowest BCUT2D eigenvalue weighted by molar-refractivity contribution is -0.117. The van der Waals surface area contributed by atoms with Crippen LogP contribution in [0.15, 0.2) is 0 Å². The smallest absolute Gasteiger partial charge is 0.143 e. The third-order valence-corrected chi connectivity index (χ3v) is 0.539. The molecule has 2 nitrogen and oxygen atoms in total. The Morgan fingerprint density at radius 3 is 2.00 bits per heavy atom. The summed E-state index contributed by atoms with van der Waals surface area (Å²) in [6.45, 7) is 2.14. The Hall–Kier alpha value is -0.370. The topological polar surface area (TPSA) is 20.3 Å². The summed E-state index contributed by atoms with van der Waals surface area (Å²) in [6, 6.07) is 0. The van der Waals surface area contributed by atoms with E-state index in [1.165, 1.54) is 0 Å². The monoisotopic (exact) mass is 101 g/mol. The molecular weight excluding hydrogens is 90.1 g/mol. The normalized spacial score (nSPS) is 9.71. The van der Waals surface area contributed by atoms with Gasteiger partial charge in [0.2, 0.25) is 0 Å². The molecular formula is C5H11NO. The van der Waals surface area contributed by atoms with Gasteiger partial charge in [-0.1, -0.05) is 0 Å². The van der Waals surface area contributed by atoms with Gasteiger partial charge in [-0.05, 0) is 21.0 Å². The highest BCUT2D eigenvalue weighted by Crippen LogP contribution is 1.72. The predicted octanol–water partition coefficient (Wildman–Crippen LogP) is 0.137.